The molecule has 128 valence electrons. The number of amides is 1. The van der Waals surface area contributed by atoms with Crippen LogP contribution >= 0.6 is 35.0 Å². The lowest BCUT2D eigenvalue weighted by Crippen LogP contribution is -2.14. The zero-order valence-electron chi connectivity index (χ0n) is 12.5. The Hall–Kier alpha value is -2.09. The predicted octanol–water partition coefficient (Wildman–Crippen LogP) is 4.91. The van der Waals surface area contributed by atoms with Crippen LogP contribution in [0.4, 0.5) is 10.1 Å². The minimum Gasteiger partial charge on any atom is -0.411 e. The highest BCUT2D eigenvalue weighted by molar-refractivity contribution is 7.99. The van der Waals surface area contributed by atoms with E-state index in [1.807, 2.05) is 0 Å². The highest BCUT2D eigenvalue weighted by Crippen LogP contribution is 2.27. The zero-order valence-corrected chi connectivity index (χ0v) is 14.8. The van der Waals surface area contributed by atoms with Crippen LogP contribution in [0.3, 0.4) is 0 Å². The van der Waals surface area contributed by atoms with Crippen LogP contribution in [0.15, 0.2) is 52.1 Å². The van der Waals surface area contributed by atoms with Gasteiger partial charge in [0.25, 0.3) is 5.22 Å². The van der Waals surface area contributed by atoms with Gasteiger partial charge in [-0.25, -0.2) is 4.39 Å². The first kappa shape index (κ1) is 17.7. The lowest BCUT2D eigenvalue weighted by Gasteiger charge is -2.06. The molecule has 0 unspecified atom stereocenters. The van der Waals surface area contributed by atoms with Gasteiger partial charge >= 0.3 is 0 Å². The van der Waals surface area contributed by atoms with Crippen molar-refractivity contribution in [1.29, 1.82) is 0 Å². The van der Waals surface area contributed by atoms with Gasteiger partial charge in [0.05, 0.1) is 16.5 Å². The molecular formula is C16H10Cl2FN3O2S. The molecule has 0 atom stereocenters. The summed E-state index contributed by atoms with van der Waals surface area (Å²) >= 11 is 12.9. The van der Waals surface area contributed by atoms with Gasteiger partial charge in [-0.05, 0) is 42.5 Å². The summed E-state index contributed by atoms with van der Waals surface area (Å²) in [6.45, 7) is 0. The van der Waals surface area contributed by atoms with E-state index in [4.69, 9.17) is 27.6 Å². The number of hydrogen-bond donors (Lipinski definition) is 1. The Morgan fingerprint density at radius 3 is 2.68 bits per heavy atom. The van der Waals surface area contributed by atoms with Gasteiger partial charge in [-0.2, -0.15) is 0 Å². The van der Waals surface area contributed by atoms with Crippen LogP contribution < -0.4 is 5.32 Å². The van der Waals surface area contributed by atoms with Crippen LogP contribution in [0.25, 0.3) is 11.5 Å². The molecule has 5 nitrogen and oxygen atoms in total. The molecule has 0 radical (unpaired) electrons. The Balaban J connectivity index is 1.59. The van der Waals surface area contributed by atoms with Crippen molar-refractivity contribution >= 4 is 46.6 Å². The molecule has 25 heavy (non-hydrogen) atoms. The Bertz CT molecular complexity index is 903. The van der Waals surface area contributed by atoms with Crippen molar-refractivity contribution in [3.63, 3.8) is 0 Å². The van der Waals surface area contributed by atoms with Crippen molar-refractivity contribution in [2.75, 3.05) is 11.1 Å². The number of anilines is 1. The van der Waals surface area contributed by atoms with Crippen LogP contribution in [-0.4, -0.2) is 21.9 Å². The molecular weight excluding hydrogens is 388 g/mol. The summed E-state index contributed by atoms with van der Waals surface area (Å²) < 4.78 is 18.4. The number of aromatic nitrogens is 2. The number of nitrogens with one attached hydrogen (secondary N) is 1. The maximum atomic E-state index is 12.9. The number of nitrogens with zero attached hydrogens (tertiary/aromatic N) is 2. The molecule has 0 saturated heterocycles. The monoisotopic (exact) mass is 397 g/mol. The molecule has 1 N–H and O–H groups in total. The van der Waals surface area contributed by atoms with Crippen LogP contribution in [0.1, 0.15) is 0 Å². The fraction of sp³-hybridized carbons (Fsp3) is 0.0625. The van der Waals surface area contributed by atoms with Crippen molar-refractivity contribution < 1.29 is 13.6 Å². The number of hydrogen-bond acceptors (Lipinski definition) is 5. The molecule has 0 aliphatic rings. The van der Waals surface area contributed by atoms with Crippen molar-refractivity contribution in [3.8, 4) is 11.5 Å². The van der Waals surface area contributed by atoms with Gasteiger partial charge in [-0.15, -0.1) is 10.2 Å². The number of benzene rings is 2. The van der Waals surface area contributed by atoms with E-state index in [1.54, 1.807) is 18.2 Å². The van der Waals surface area contributed by atoms with Gasteiger partial charge < -0.3 is 9.73 Å². The first-order chi connectivity index (χ1) is 12.0. The second kappa shape index (κ2) is 7.86. The summed E-state index contributed by atoms with van der Waals surface area (Å²) in [5, 5.41) is 11.5. The number of carbonyl (C=O) groups excluding carboxylic acids is 1. The molecule has 9 heteroatoms. The molecule has 0 aliphatic heterocycles. The third-order valence-corrected chi connectivity index (χ3v) is 4.41. The molecule has 3 aromatic rings. The smallest absolute Gasteiger partial charge is 0.277 e. The van der Waals surface area contributed by atoms with E-state index in [0.29, 0.717) is 21.3 Å². The summed E-state index contributed by atoms with van der Waals surface area (Å²) in [5.74, 6) is -0.348. The normalized spacial score (nSPS) is 10.7. The van der Waals surface area contributed by atoms with E-state index in [9.17, 15) is 9.18 Å². The highest BCUT2D eigenvalue weighted by Gasteiger charge is 2.12. The summed E-state index contributed by atoms with van der Waals surface area (Å²) in [6.07, 6.45) is 0. The van der Waals surface area contributed by atoms with E-state index in [0.717, 1.165) is 11.8 Å². The highest BCUT2D eigenvalue weighted by atomic mass is 35.5. The van der Waals surface area contributed by atoms with Crippen LogP contribution in [-0.2, 0) is 4.79 Å². The maximum Gasteiger partial charge on any atom is 0.277 e. The Kier molecular flexibility index (Phi) is 5.57. The first-order valence-corrected chi connectivity index (χ1v) is 8.72. The second-order valence-electron chi connectivity index (χ2n) is 4.84. The number of carbonyl (C=O) groups is 1. The summed E-state index contributed by atoms with van der Waals surface area (Å²) in [6, 6.07) is 10.5. The Morgan fingerprint density at radius 1 is 1.16 bits per heavy atom. The maximum absolute atomic E-state index is 12.9. The molecule has 1 amide bonds. The molecule has 0 fully saturated rings. The molecule has 0 saturated carbocycles. The minimum absolute atomic E-state index is 0.0495. The molecule has 0 aliphatic carbocycles. The molecule has 3 rings (SSSR count). The SMILES string of the molecule is O=C(CSc1nnc(-c2ccc(F)cc2)o1)Nc1cc(Cl)ccc1Cl. The van der Waals surface area contributed by atoms with E-state index in [2.05, 4.69) is 15.5 Å². The lowest BCUT2D eigenvalue weighted by atomic mass is 10.2. The first-order valence-electron chi connectivity index (χ1n) is 6.98. The lowest BCUT2D eigenvalue weighted by molar-refractivity contribution is -0.113. The molecule has 1 aromatic heterocycles. The van der Waals surface area contributed by atoms with Gasteiger partial charge in [-0.3, -0.25) is 4.79 Å². The largest absolute Gasteiger partial charge is 0.411 e. The fourth-order valence-electron chi connectivity index (χ4n) is 1.88. The van der Waals surface area contributed by atoms with Crippen molar-refractivity contribution in [1.82, 2.24) is 10.2 Å². The van der Waals surface area contributed by atoms with Gasteiger partial charge in [0.2, 0.25) is 11.8 Å². The topological polar surface area (TPSA) is 68.0 Å². The fourth-order valence-corrected chi connectivity index (χ4v) is 2.78. The third kappa shape index (κ3) is 4.72. The van der Waals surface area contributed by atoms with Crippen LogP contribution in [0.2, 0.25) is 10.0 Å². The summed E-state index contributed by atoms with van der Waals surface area (Å²) in [5.41, 5.74) is 1.02. The van der Waals surface area contributed by atoms with Gasteiger partial charge in [0.1, 0.15) is 5.82 Å². The van der Waals surface area contributed by atoms with Crippen molar-refractivity contribution in [3.05, 3.63) is 58.3 Å². The average Bonchev–Trinajstić information content (AvgIpc) is 3.06. The number of thioether (sulfide) groups is 1. The summed E-state index contributed by atoms with van der Waals surface area (Å²) in [7, 11) is 0. The van der Waals surface area contributed by atoms with Crippen LogP contribution in [0.5, 0.6) is 0 Å². The Morgan fingerprint density at radius 2 is 1.92 bits per heavy atom. The van der Waals surface area contributed by atoms with Gasteiger partial charge in [0, 0.05) is 10.6 Å². The van der Waals surface area contributed by atoms with E-state index >= 15 is 0 Å². The van der Waals surface area contributed by atoms with Crippen molar-refractivity contribution in [2.45, 2.75) is 5.22 Å². The van der Waals surface area contributed by atoms with E-state index in [1.165, 1.54) is 24.3 Å². The minimum atomic E-state index is -0.353. The molecule has 0 spiro atoms. The second-order valence-corrected chi connectivity index (χ2v) is 6.61. The van der Waals surface area contributed by atoms with E-state index in [-0.39, 0.29) is 28.6 Å². The zero-order chi connectivity index (χ0) is 17.8. The summed E-state index contributed by atoms with van der Waals surface area (Å²) in [4.78, 5) is 12.0. The number of halogens is 3. The van der Waals surface area contributed by atoms with Gasteiger partial charge in [-0.1, -0.05) is 35.0 Å². The standard InChI is InChI=1S/C16H10Cl2FN3O2S/c17-10-3-6-12(18)13(7-10)20-14(23)8-25-16-22-21-15(24-16)9-1-4-11(19)5-2-9/h1-7H,8H2,(H,20,23). The van der Waals surface area contributed by atoms with E-state index < -0.39 is 0 Å². The van der Waals surface area contributed by atoms with Gasteiger partial charge in [0.15, 0.2) is 0 Å². The Labute approximate surface area is 156 Å². The average molecular weight is 398 g/mol. The molecule has 0 bridgehead atoms. The molecule has 2 aromatic carbocycles. The third-order valence-electron chi connectivity index (χ3n) is 3.03. The predicted molar refractivity (Wildman–Crippen MR) is 95.5 cm³/mol. The molecule has 1 heterocycles. The number of rotatable bonds is 5. The van der Waals surface area contributed by atoms with Crippen LogP contribution in [0, 0.1) is 5.82 Å². The quantitative estimate of drug-likeness (QED) is 0.619. The van der Waals surface area contributed by atoms with Crippen molar-refractivity contribution in [2.24, 2.45) is 0 Å².